The highest BCUT2D eigenvalue weighted by atomic mass is 16.3. The summed E-state index contributed by atoms with van der Waals surface area (Å²) in [5.74, 6) is 1.53. The van der Waals surface area contributed by atoms with Gasteiger partial charge in [0.2, 0.25) is 0 Å². The van der Waals surface area contributed by atoms with Gasteiger partial charge in [-0.3, -0.25) is 0 Å². The Balaban J connectivity index is 1.10. The Hall–Kier alpha value is -6.65. The Morgan fingerprint density at radius 2 is 1.08 bits per heavy atom. The van der Waals surface area contributed by atoms with E-state index in [1.54, 1.807) is 12.1 Å². The first-order valence-corrected chi connectivity index (χ1v) is 17.3. The summed E-state index contributed by atoms with van der Waals surface area (Å²) in [5, 5.41) is 1.40. The van der Waals surface area contributed by atoms with Crippen molar-refractivity contribution < 1.29 is 11.3 Å². The molecular weight excluding hydrogens is 635 g/mol. The lowest BCUT2D eigenvalue weighted by Crippen LogP contribution is -2.14. The minimum atomic E-state index is -0.431. The molecule has 0 fully saturated rings. The first kappa shape index (κ1) is 25.3. The highest BCUT2D eigenvalue weighted by Gasteiger charge is 2.35. The third-order valence-electron chi connectivity index (χ3n) is 10.2. The van der Waals surface area contributed by atoms with Crippen LogP contribution in [0.1, 0.15) is 31.8 Å². The van der Waals surface area contributed by atoms with Gasteiger partial charge in [0.05, 0.1) is 6.85 Å². The van der Waals surface area contributed by atoms with Crippen molar-refractivity contribution in [3.63, 3.8) is 0 Å². The second kappa shape index (κ2) is 11.7. The maximum atomic E-state index is 8.64. The molecule has 7 aromatic carbocycles. The van der Waals surface area contributed by atoms with Gasteiger partial charge in [-0.1, -0.05) is 147 Å². The molecular formula is C48H33N3O. The van der Waals surface area contributed by atoms with E-state index < -0.39 is 6.04 Å². The van der Waals surface area contributed by atoms with E-state index in [-0.39, 0.29) is 35.1 Å². The predicted molar refractivity (Wildman–Crippen MR) is 212 cm³/mol. The van der Waals surface area contributed by atoms with Gasteiger partial charge in [-0.2, -0.15) is 0 Å². The van der Waals surface area contributed by atoms with Crippen molar-refractivity contribution >= 4 is 21.9 Å². The van der Waals surface area contributed by atoms with Gasteiger partial charge >= 0.3 is 0 Å². The Kier molecular flexibility index (Phi) is 5.70. The summed E-state index contributed by atoms with van der Waals surface area (Å²) in [6.07, 6.45) is 0. The van der Waals surface area contributed by atoms with Crippen LogP contribution in [0.2, 0.25) is 0 Å². The predicted octanol–water partition coefficient (Wildman–Crippen LogP) is 12.4. The van der Waals surface area contributed by atoms with Gasteiger partial charge in [0.1, 0.15) is 11.2 Å². The topological polar surface area (TPSA) is 51.8 Å². The van der Waals surface area contributed by atoms with E-state index in [2.05, 4.69) is 68.4 Å². The number of benzene rings is 7. The van der Waals surface area contributed by atoms with Crippen LogP contribution in [0, 0.1) is 0 Å². The zero-order valence-electron chi connectivity index (χ0n) is 33.5. The molecule has 246 valence electrons. The maximum absolute atomic E-state index is 8.64. The van der Waals surface area contributed by atoms with Gasteiger partial charge in [0.15, 0.2) is 17.5 Å². The Bertz CT molecular complexity index is 3090. The van der Waals surface area contributed by atoms with Gasteiger partial charge in [-0.25, -0.2) is 15.0 Å². The quantitative estimate of drug-likeness (QED) is 0.183. The molecule has 4 nitrogen and oxygen atoms in total. The van der Waals surface area contributed by atoms with Crippen molar-refractivity contribution in [1.82, 2.24) is 15.0 Å². The van der Waals surface area contributed by atoms with Crippen LogP contribution in [0.15, 0.2) is 168 Å². The van der Waals surface area contributed by atoms with Gasteiger partial charge in [0.25, 0.3) is 0 Å². The maximum Gasteiger partial charge on any atom is 0.164 e. The molecule has 0 radical (unpaired) electrons. The van der Waals surface area contributed by atoms with Gasteiger partial charge < -0.3 is 4.42 Å². The van der Waals surface area contributed by atoms with Gasteiger partial charge in [-0.05, 0) is 74.8 Å². The molecule has 9 aromatic rings. The van der Waals surface area contributed by atoms with Crippen LogP contribution >= 0.6 is 0 Å². The van der Waals surface area contributed by atoms with Gasteiger partial charge in [0, 0.05) is 32.9 Å². The summed E-state index contributed by atoms with van der Waals surface area (Å²) >= 11 is 0. The summed E-state index contributed by atoms with van der Waals surface area (Å²) in [6, 6.07) is 42.9. The zero-order valence-corrected chi connectivity index (χ0v) is 28.5. The number of hydrogen-bond acceptors (Lipinski definition) is 4. The van der Waals surface area contributed by atoms with Crippen molar-refractivity contribution in [3.8, 4) is 67.5 Å². The normalized spacial score (nSPS) is 14.3. The number of rotatable bonds is 5. The molecule has 0 N–H and O–H groups in total. The van der Waals surface area contributed by atoms with Crippen LogP contribution in [-0.2, 0) is 5.41 Å². The van der Waals surface area contributed by atoms with E-state index in [0.29, 0.717) is 45.2 Å². The third kappa shape index (κ3) is 4.87. The van der Waals surface area contributed by atoms with E-state index in [4.69, 9.17) is 26.2 Å². The average Bonchev–Trinajstić information content (AvgIpc) is 3.74. The summed E-state index contributed by atoms with van der Waals surface area (Å²) in [4.78, 5) is 15.0. The molecule has 0 saturated carbocycles. The van der Waals surface area contributed by atoms with Crippen LogP contribution < -0.4 is 0 Å². The Labute approximate surface area is 309 Å². The summed E-state index contributed by atoms with van der Waals surface area (Å²) < 4.78 is 48.3. The molecule has 0 saturated heterocycles. The minimum Gasteiger partial charge on any atom is -0.456 e. The Morgan fingerprint density at radius 1 is 0.462 bits per heavy atom. The first-order valence-electron chi connectivity index (χ1n) is 19.8. The molecule has 2 heterocycles. The lowest BCUT2D eigenvalue weighted by atomic mass is 9.82. The third-order valence-corrected chi connectivity index (χ3v) is 10.2. The van der Waals surface area contributed by atoms with E-state index >= 15 is 0 Å². The van der Waals surface area contributed by atoms with Crippen LogP contribution in [-0.4, -0.2) is 15.0 Å². The molecule has 0 spiro atoms. The molecule has 0 aliphatic heterocycles. The first-order chi connectivity index (χ1) is 27.6. The molecule has 0 bridgehead atoms. The number of hydrogen-bond donors (Lipinski definition) is 0. The van der Waals surface area contributed by atoms with Crippen molar-refractivity contribution in [2.24, 2.45) is 0 Å². The van der Waals surface area contributed by atoms with Crippen molar-refractivity contribution in [2.45, 2.75) is 19.3 Å². The van der Waals surface area contributed by atoms with Crippen LogP contribution in [0.4, 0.5) is 0 Å². The van der Waals surface area contributed by atoms with Crippen molar-refractivity contribution in [1.29, 1.82) is 0 Å². The molecule has 4 heteroatoms. The van der Waals surface area contributed by atoms with Crippen molar-refractivity contribution in [3.05, 3.63) is 175 Å². The summed E-state index contributed by atoms with van der Waals surface area (Å²) in [7, 11) is 0. The summed E-state index contributed by atoms with van der Waals surface area (Å²) in [5.41, 5.74) is 11.4. The van der Waals surface area contributed by atoms with Gasteiger partial charge in [-0.15, -0.1) is 0 Å². The fourth-order valence-corrected chi connectivity index (χ4v) is 7.65. The summed E-state index contributed by atoms with van der Waals surface area (Å²) in [6.45, 7) is 4.57. The molecule has 1 aliphatic rings. The van der Waals surface area contributed by atoms with E-state index in [0.717, 1.165) is 27.6 Å². The number of fused-ring (bicyclic) bond motifs is 6. The number of nitrogens with zero attached hydrogens (tertiary/aromatic N) is 3. The highest BCUT2D eigenvalue weighted by molar-refractivity contribution is 6.13. The smallest absolute Gasteiger partial charge is 0.164 e. The Morgan fingerprint density at radius 3 is 1.90 bits per heavy atom. The van der Waals surface area contributed by atoms with E-state index in [1.807, 2.05) is 66.7 Å². The second-order valence-electron chi connectivity index (χ2n) is 13.7. The number of furan rings is 1. The molecule has 52 heavy (non-hydrogen) atoms. The van der Waals surface area contributed by atoms with Crippen LogP contribution in [0.3, 0.4) is 0 Å². The molecule has 0 unspecified atom stereocenters. The fraction of sp³-hybridized carbons (Fsp3) is 0.0625. The van der Waals surface area contributed by atoms with Crippen LogP contribution in [0.5, 0.6) is 0 Å². The van der Waals surface area contributed by atoms with Crippen LogP contribution in [0.25, 0.3) is 89.5 Å². The zero-order chi connectivity index (χ0) is 39.2. The minimum absolute atomic E-state index is 0.0700. The standard InChI is InChI=1S/C48H33N3O/c1-48(2)40-21-10-9-19-37(40)39-28-33(24-26-41(39)48)32-17-11-18-34(27-32)46-49-45(31-15-7-4-8-16-31)50-47(51-46)35-23-25-38-43(29-35)52-42-22-12-20-36(44(38)42)30-13-5-3-6-14-30/h3-29H,1-2H3/i3D,5D,6D,13D,14D. The highest BCUT2D eigenvalue weighted by Crippen LogP contribution is 2.49. The fourth-order valence-electron chi connectivity index (χ4n) is 7.65. The van der Waals surface area contributed by atoms with E-state index in [9.17, 15) is 0 Å². The van der Waals surface area contributed by atoms with E-state index in [1.165, 1.54) is 22.3 Å². The lowest BCUT2D eigenvalue weighted by molar-refractivity contribution is 0.660. The number of aromatic nitrogens is 3. The molecule has 2 aromatic heterocycles. The molecule has 0 atom stereocenters. The molecule has 0 amide bonds. The average molecular weight is 673 g/mol. The SMILES string of the molecule is [2H]c1c([2H])c([2H])c(-c2cccc3oc4cc(-c5nc(-c6ccccc6)nc(-c6cccc(-c7ccc8c(c7)-c7ccccc7C8(C)C)c6)n5)ccc4c23)c([2H])c1[2H]. The second-order valence-corrected chi connectivity index (χ2v) is 13.7. The van der Waals surface area contributed by atoms with Crippen molar-refractivity contribution in [2.75, 3.05) is 0 Å². The monoisotopic (exact) mass is 672 g/mol. The molecule has 1 aliphatic carbocycles. The molecule has 10 rings (SSSR count). The lowest BCUT2D eigenvalue weighted by Gasteiger charge is -2.21. The largest absolute Gasteiger partial charge is 0.456 e.